The fraction of sp³-hybridized carbons (Fsp3) is 0.435. The van der Waals surface area contributed by atoms with Gasteiger partial charge in [-0.05, 0) is 58.1 Å². The first-order valence-electron chi connectivity index (χ1n) is 10.7. The first-order valence-corrected chi connectivity index (χ1v) is 12.8. The summed E-state index contributed by atoms with van der Waals surface area (Å²) in [7, 11) is -2.13. The van der Waals surface area contributed by atoms with Crippen LogP contribution in [0, 0.1) is 11.7 Å². The van der Waals surface area contributed by atoms with Crippen LogP contribution in [0.1, 0.15) is 30.0 Å². The Balaban J connectivity index is 1.58. The highest BCUT2D eigenvalue weighted by molar-refractivity contribution is 8.00. The van der Waals surface area contributed by atoms with E-state index in [9.17, 15) is 26.6 Å². The highest BCUT2D eigenvalue weighted by Gasteiger charge is 2.37. The Morgan fingerprint density at radius 2 is 1.85 bits per heavy atom. The van der Waals surface area contributed by atoms with Crippen LogP contribution in [-0.2, 0) is 20.5 Å². The Labute approximate surface area is 190 Å². The molecule has 0 bridgehead atoms. The number of aromatic nitrogens is 1. The van der Waals surface area contributed by atoms with Crippen LogP contribution in [0.2, 0.25) is 0 Å². The third kappa shape index (κ3) is 5.31. The van der Waals surface area contributed by atoms with Crippen LogP contribution in [0.15, 0.2) is 42.6 Å². The van der Waals surface area contributed by atoms with Gasteiger partial charge in [-0.1, -0.05) is 12.1 Å². The SMILES string of the molecule is C=S1(=O)CCC(C(=O)N2CCN(c3ccc(C(F)(F)F)cn3)CC2c2cccc(F)c2)CC1. The van der Waals surface area contributed by atoms with Crippen molar-refractivity contribution in [1.82, 2.24) is 9.88 Å². The molecule has 3 heterocycles. The number of pyridine rings is 1. The molecule has 0 aliphatic carbocycles. The van der Waals surface area contributed by atoms with Crippen LogP contribution in [-0.4, -0.2) is 57.0 Å². The van der Waals surface area contributed by atoms with E-state index in [2.05, 4.69) is 10.9 Å². The van der Waals surface area contributed by atoms with Crippen molar-refractivity contribution in [3.8, 4) is 0 Å². The number of halogens is 4. The molecular formula is C23H25F4N3O2S. The lowest BCUT2D eigenvalue weighted by Gasteiger charge is -2.44. The van der Waals surface area contributed by atoms with Crippen molar-refractivity contribution in [3.63, 3.8) is 0 Å². The normalized spacial score (nSPS) is 26.3. The molecule has 5 nitrogen and oxygen atoms in total. The first kappa shape index (κ1) is 23.5. The van der Waals surface area contributed by atoms with E-state index in [-0.39, 0.29) is 18.4 Å². The third-order valence-corrected chi connectivity index (χ3v) is 8.28. The second-order valence-electron chi connectivity index (χ2n) is 8.60. The van der Waals surface area contributed by atoms with Crippen molar-refractivity contribution in [2.24, 2.45) is 5.92 Å². The van der Waals surface area contributed by atoms with Crippen LogP contribution < -0.4 is 4.90 Å². The van der Waals surface area contributed by atoms with Crippen LogP contribution in [0.3, 0.4) is 0 Å². The summed E-state index contributed by atoms with van der Waals surface area (Å²) in [5.74, 6) is 4.16. The smallest absolute Gasteiger partial charge is 0.352 e. The van der Waals surface area contributed by atoms with Crippen LogP contribution in [0.4, 0.5) is 23.4 Å². The summed E-state index contributed by atoms with van der Waals surface area (Å²) >= 11 is 0. The van der Waals surface area contributed by atoms with E-state index in [0.717, 1.165) is 12.3 Å². The number of piperazine rings is 1. The lowest BCUT2D eigenvalue weighted by molar-refractivity contribution is -0.139. The number of nitrogens with zero attached hydrogens (tertiary/aromatic N) is 3. The molecule has 0 radical (unpaired) electrons. The van der Waals surface area contributed by atoms with Gasteiger partial charge in [-0.25, -0.2) is 9.37 Å². The van der Waals surface area contributed by atoms with Crippen molar-refractivity contribution >= 4 is 27.1 Å². The number of hydrogen-bond donors (Lipinski definition) is 0. The zero-order chi connectivity index (χ0) is 23.8. The molecule has 1 aromatic heterocycles. The number of amides is 1. The highest BCUT2D eigenvalue weighted by Crippen LogP contribution is 2.33. The lowest BCUT2D eigenvalue weighted by atomic mass is 9.96. The first-order chi connectivity index (χ1) is 15.5. The summed E-state index contributed by atoms with van der Waals surface area (Å²) in [6, 6.07) is 7.81. The minimum atomic E-state index is -4.47. The molecule has 2 aromatic rings. The Hall–Kier alpha value is -2.62. The van der Waals surface area contributed by atoms with Gasteiger partial charge in [0.1, 0.15) is 11.6 Å². The molecule has 1 unspecified atom stereocenters. The second kappa shape index (κ2) is 8.96. The maximum Gasteiger partial charge on any atom is 0.417 e. The van der Waals surface area contributed by atoms with Crippen molar-refractivity contribution in [2.45, 2.75) is 25.1 Å². The molecule has 0 spiro atoms. The monoisotopic (exact) mass is 483 g/mol. The van der Waals surface area contributed by atoms with Gasteiger partial charge < -0.3 is 9.80 Å². The van der Waals surface area contributed by atoms with Crippen molar-refractivity contribution < 1.29 is 26.6 Å². The topological polar surface area (TPSA) is 53.5 Å². The standard InChI is InChI=1S/C23H25F4N3O2S/c1-33(32)11-7-16(8-12-33)22(31)30-10-9-29(15-20(30)17-3-2-4-19(24)13-17)21-6-5-18(14-28-21)23(25,26)27/h2-6,13-14,16,20H,1,7-12,15H2. The molecule has 178 valence electrons. The molecule has 2 fully saturated rings. The maximum absolute atomic E-state index is 14.0. The lowest BCUT2D eigenvalue weighted by Crippen LogP contribution is -2.53. The van der Waals surface area contributed by atoms with Gasteiger partial charge in [-0.2, -0.15) is 13.2 Å². The van der Waals surface area contributed by atoms with E-state index >= 15 is 0 Å². The van der Waals surface area contributed by atoms with Gasteiger partial charge in [0.15, 0.2) is 0 Å². The van der Waals surface area contributed by atoms with Gasteiger partial charge in [-0.3, -0.25) is 9.00 Å². The zero-order valence-corrected chi connectivity index (χ0v) is 18.7. The highest BCUT2D eigenvalue weighted by atomic mass is 32.2. The molecule has 4 rings (SSSR count). The maximum atomic E-state index is 14.0. The van der Waals surface area contributed by atoms with Gasteiger partial charge in [0.25, 0.3) is 0 Å². The van der Waals surface area contributed by atoms with Gasteiger partial charge in [0.2, 0.25) is 5.91 Å². The number of carbonyl (C=O) groups excluding carboxylic acids is 1. The molecule has 1 amide bonds. The number of hydrogen-bond acceptors (Lipinski definition) is 4. The number of rotatable bonds is 3. The van der Waals surface area contributed by atoms with Gasteiger partial charge in [-0.15, -0.1) is 0 Å². The van der Waals surface area contributed by atoms with Crippen LogP contribution in [0.25, 0.3) is 0 Å². The van der Waals surface area contributed by atoms with Crippen molar-refractivity contribution in [3.05, 3.63) is 59.5 Å². The van der Waals surface area contributed by atoms with E-state index in [1.165, 1.54) is 18.2 Å². The molecule has 2 aliphatic rings. The van der Waals surface area contributed by atoms with Crippen molar-refractivity contribution in [2.75, 3.05) is 36.0 Å². The summed E-state index contributed by atoms with van der Waals surface area (Å²) < 4.78 is 64.9. The van der Waals surface area contributed by atoms with Crippen molar-refractivity contribution in [1.29, 1.82) is 0 Å². The third-order valence-electron chi connectivity index (χ3n) is 6.32. The van der Waals surface area contributed by atoms with E-state index in [4.69, 9.17) is 0 Å². The predicted octanol–water partition coefficient (Wildman–Crippen LogP) is 3.76. The molecule has 33 heavy (non-hydrogen) atoms. The number of carbonyl (C=O) groups is 1. The molecule has 1 aromatic carbocycles. The Morgan fingerprint density at radius 1 is 1.12 bits per heavy atom. The Morgan fingerprint density at radius 3 is 2.45 bits per heavy atom. The number of anilines is 1. The molecule has 0 N–H and O–H groups in total. The molecular weight excluding hydrogens is 458 g/mol. The molecule has 2 saturated heterocycles. The second-order valence-corrected chi connectivity index (χ2v) is 11.3. The zero-order valence-electron chi connectivity index (χ0n) is 17.9. The number of alkyl halides is 3. The van der Waals surface area contributed by atoms with Gasteiger partial charge in [0, 0.05) is 43.3 Å². The fourth-order valence-corrected chi connectivity index (χ4v) is 6.07. The fourth-order valence-electron chi connectivity index (χ4n) is 4.44. The van der Waals surface area contributed by atoms with Crippen LogP contribution >= 0.6 is 0 Å². The van der Waals surface area contributed by atoms with Gasteiger partial charge >= 0.3 is 6.18 Å². The van der Waals surface area contributed by atoms with Crippen LogP contribution in [0.5, 0.6) is 0 Å². The predicted molar refractivity (Wildman–Crippen MR) is 120 cm³/mol. The average Bonchev–Trinajstić information content (AvgIpc) is 2.78. The van der Waals surface area contributed by atoms with E-state index in [1.54, 1.807) is 17.0 Å². The number of benzene rings is 1. The van der Waals surface area contributed by atoms with E-state index in [0.29, 0.717) is 48.8 Å². The molecule has 2 aliphatic heterocycles. The minimum absolute atomic E-state index is 0.0702. The minimum Gasteiger partial charge on any atom is -0.352 e. The van der Waals surface area contributed by atoms with Gasteiger partial charge in [0.05, 0.1) is 11.6 Å². The Bertz CT molecular complexity index is 1110. The summed E-state index contributed by atoms with van der Waals surface area (Å²) in [5, 5.41) is 0. The summed E-state index contributed by atoms with van der Waals surface area (Å²) in [6.45, 7) is 0.972. The summed E-state index contributed by atoms with van der Waals surface area (Å²) in [4.78, 5) is 20.9. The summed E-state index contributed by atoms with van der Waals surface area (Å²) in [6.07, 6.45) is -2.68. The quantitative estimate of drug-likeness (QED) is 0.493. The molecule has 10 heteroatoms. The largest absolute Gasteiger partial charge is 0.417 e. The van der Waals surface area contributed by atoms with E-state index < -0.39 is 33.1 Å². The Kier molecular flexibility index (Phi) is 6.39. The van der Waals surface area contributed by atoms with E-state index in [1.807, 2.05) is 4.90 Å². The molecule has 0 saturated carbocycles. The molecule has 1 atom stereocenters. The summed E-state index contributed by atoms with van der Waals surface area (Å²) in [5.41, 5.74) is -0.224. The average molecular weight is 484 g/mol.